The summed E-state index contributed by atoms with van der Waals surface area (Å²) in [5, 5.41) is 16.9. The van der Waals surface area contributed by atoms with Crippen molar-refractivity contribution in [2.24, 2.45) is 0 Å². The molecule has 7 rings (SSSR count). The molecule has 1 amide bonds. The van der Waals surface area contributed by atoms with Crippen LogP contribution < -0.4 is 24.3 Å². The number of nitrogens with one attached hydrogen (secondary N) is 1. The molecular formula is C31H30N2O6. The topological polar surface area (TPSA) is 89.5 Å². The molecule has 2 N–H and O–H groups in total. The SMILES string of the molecule is COc1ccc([C@@]23Oc4cc(OC)cc(OC)c4[C@]2(O)C2=C(C(=O)N4CCCC4N2)[C@H]3c2ccccc2)cc1. The van der Waals surface area contributed by atoms with E-state index >= 15 is 0 Å². The fraction of sp³-hybridized carbons (Fsp3) is 0.323. The van der Waals surface area contributed by atoms with E-state index in [2.05, 4.69) is 5.32 Å². The van der Waals surface area contributed by atoms with Crippen LogP contribution in [0.3, 0.4) is 0 Å². The molecule has 1 unspecified atom stereocenters. The summed E-state index contributed by atoms with van der Waals surface area (Å²) in [4.78, 5) is 16.2. The Bertz CT molecular complexity index is 1500. The van der Waals surface area contributed by atoms with E-state index in [0.29, 0.717) is 51.9 Å². The predicted octanol–water partition coefficient (Wildman–Crippen LogP) is 3.79. The Morgan fingerprint density at radius 2 is 1.72 bits per heavy atom. The van der Waals surface area contributed by atoms with Gasteiger partial charge in [-0.1, -0.05) is 42.5 Å². The van der Waals surface area contributed by atoms with Crippen LogP contribution in [0.15, 0.2) is 78.0 Å². The molecule has 8 heteroatoms. The third-order valence-corrected chi connectivity index (χ3v) is 8.70. The molecular weight excluding hydrogens is 496 g/mol. The highest BCUT2D eigenvalue weighted by Gasteiger charge is 2.75. The first-order chi connectivity index (χ1) is 19.0. The summed E-state index contributed by atoms with van der Waals surface area (Å²) in [6, 6.07) is 20.8. The smallest absolute Gasteiger partial charge is 0.254 e. The zero-order chi connectivity index (χ0) is 26.9. The molecule has 8 nitrogen and oxygen atoms in total. The van der Waals surface area contributed by atoms with Gasteiger partial charge in [0.15, 0.2) is 11.2 Å². The molecule has 0 bridgehead atoms. The summed E-state index contributed by atoms with van der Waals surface area (Å²) in [5.41, 5.74) is -0.156. The van der Waals surface area contributed by atoms with Crippen LogP contribution in [0, 0.1) is 0 Å². The second-order valence-electron chi connectivity index (χ2n) is 10.4. The number of hydrogen-bond donors (Lipinski definition) is 2. The van der Waals surface area contributed by atoms with Gasteiger partial charge in [0, 0.05) is 24.2 Å². The number of carbonyl (C=O) groups excluding carboxylic acids is 1. The Hall–Kier alpha value is -4.17. The molecule has 0 aromatic heterocycles. The number of carbonyl (C=O) groups is 1. The number of nitrogens with zero attached hydrogens (tertiary/aromatic N) is 1. The standard InChI is InChI=1S/C31H30N2O6/c1-36-20-13-11-19(12-14-20)31-26(18-8-5-4-6-9-18)25-28(32-24-10-7-15-33(24)29(25)34)30(31,35)27-22(38-3)16-21(37-2)17-23(27)39-31/h4-6,8-9,11-14,16-17,24,26,32,35H,7,10,15H2,1-3H3/t24?,26-,30+,31+/m1/s1. The number of fused-ring (bicyclic) bond motifs is 5. The second-order valence-corrected chi connectivity index (χ2v) is 10.4. The monoisotopic (exact) mass is 526 g/mol. The van der Waals surface area contributed by atoms with Crippen molar-refractivity contribution in [2.75, 3.05) is 27.9 Å². The van der Waals surface area contributed by atoms with E-state index in [1.807, 2.05) is 59.5 Å². The molecule has 39 heavy (non-hydrogen) atoms. The summed E-state index contributed by atoms with van der Waals surface area (Å²) < 4.78 is 23.8. The van der Waals surface area contributed by atoms with Crippen LogP contribution in [-0.2, 0) is 16.0 Å². The van der Waals surface area contributed by atoms with E-state index in [4.69, 9.17) is 18.9 Å². The van der Waals surface area contributed by atoms with Gasteiger partial charge in [0.2, 0.25) is 0 Å². The lowest BCUT2D eigenvalue weighted by Gasteiger charge is -2.41. The Kier molecular flexibility index (Phi) is 5.16. The Labute approximate surface area is 226 Å². The maximum atomic E-state index is 14.3. The number of aliphatic hydroxyl groups is 1. The van der Waals surface area contributed by atoms with Gasteiger partial charge >= 0.3 is 0 Å². The molecule has 4 atom stereocenters. The number of benzene rings is 3. The minimum atomic E-state index is -1.77. The highest BCUT2D eigenvalue weighted by Crippen LogP contribution is 2.70. The van der Waals surface area contributed by atoms with Crippen molar-refractivity contribution in [3.8, 4) is 23.0 Å². The summed E-state index contributed by atoms with van der Waals surface area (Å²) in [5.74, 6) is 1.38. The van der Waals surface area contributed by atoms with Crippen LogP contribution in [0.5, 0.6) is 23.0 Å². The van der Waals surface area contributed by atoms with Crippen molar-refractivity contribution in [2.45, 2.75) is 36.1 Å². The van der Waals surface area contributed by atoms with Gasteiger partial charge in [-0.2, -0.15) is 0 Å². The minimum Gasteiger partial charge on any atom is -0.497 e. The van der Waals surface area contributed by atoms with Crippen molar-refractivity contribution in [1.29, 1.82) is 0 Å². The molecule has 4 aliphatic rings. The normalized spacial score (nSPS) is 28.2. The van der Waals surface area contributed by atoms with E-state index in [9.17, 15) is 9.90 Å². The molecule has 3 aliphatic heterocycles. The van der Waals surface area contributed by atoms with Gasteiger partial charge < -0.3 is 34.3 Å². The average Bonchev–Trinajstić information content (AvgIpc) is 3.62. The average molecular weight is 527 g/mol. The molecule has 3 aromatic rings. The summed E-state index contributed by atoms with van der Waals surface area (Å²) in [7, 11) is 4.75. The maximum absolute atomic E-state index is 14.3. The first kappa shape index (κ1) is 23.9. The van der Waals surface area contributed by atoms with Gasteiger partial charge in [0.05, 0.1) is 44.1 Å². The lowest BCUT2D eigenvalue weighted by atomic mass is 9.69. The van der Waals surface area contributed by atoms with Gasteiger partial charge in [-0.15, -0.1) is 0 Å². The number of hydrogen-bond acceptors (Lipinski definition) is 7. The van der Waals surface area contributed by atoms with E-state index in [1.54, 1.807) is 33.5 Å². The number of ether oxygens (including phenoxy) is 4. The second kappa shape index (κ2) is 8.41. The molecule has 1 aliphatic carbocycles. The van der Waals surface area contributed by atoms with Crippen LogP contribution in [0.25, 0.3) is 0 Å². The zero-order valence-corrected chi connectivity index (χ0v) is 22.1. The lowest BCUT2D eigenvalue weighted by Crippen LogP contribution is -2.54. The van der Waals surface area contributed by atoms with E-state index < -0.39 is 17.1 Å². The minimum absolute atomic E-state index is 0.0755. The van der Waals surface area contributed by atoms with Gasteiger partial charge in [-0.05, 0) is 30.5 Å². The molecule has 0 saturated carbocycles. The van der Waals surface area contributed by atoms with Crippen LogP contribution in [-0.4, -0.2) is 50.0 Å². The van der Waals surface area contributed by atoms with Crippen molar-refractivity contribution in [1.82, 2.24) is 10.2 Å². The van der Waals surface area contributed by atoms with Crippen LogP contribution >= 0.6 is 0 Å². The third kappa shape index (κ3) is 2.95. The number of amides is 1. The molecule has 1 saturated heterocycles. The van der Waals surface area contributed by atoms with Gasteiger partial charge in [0.1, 0.15) is 29.2 Å². The molecule has 0 radical (unpaired) electrons. The maximum Gasteiger partial charge on any atom is 0.254 e. The van der Waals surface area contributed by atoms with Gasteiger partial charge in [-0.3, -0.25) is 4.79 Å². The first-order valence-electron chi connectivity index (χ1n) is 13.2. The highest BCUT2D eigenvalue weighted by atomic mass is 16.5. The third-order valence-electron chi connectivity index (χ3n) is 8.70. The van der Waals surface area contributed by atoms with Gasteiger partial charge in [0.25, 0.3) is 5.91 Å². The van der Waals surface area contributed by atoms with E-state index in [-0.39, 0.29) is 12.1 Å². The first-order valence-corrected chi connectivity index (χ1v) is 13.2. The van der Waals surface area contributed by atoms with Crippen LogP contribution in [0.1, 0.15) is 35.4 Å². The van der Waals surface area contributed by atoms with Gasteiger partial charge in [-0.25, -0.2) is 0 Å². The molecule has 3 aromatic carbocycles. The Balaban J connectivity index is 1.59. The summed E-state index contributed by atoms with van der Waals surface area (Å²) in [6.07, 6.45) is 1.50. The molecule has 0 spiro atoms. The fourth-order valence-corrected chi connectivity index (χ4v) is 7.05. The quantitative estimate of drug-likeness (QED) is 0.523. The van der Waals surface area contributed by atoms with Crippen LogP contribution in [0.4, 0.5) is 0 Å². The molecule has 1 fully saturated rings. The summed E-state index contributed by atoms with van der Waals surface area (Å²) in [6.45, 7) is 0.667. The highest BCUT2D eigenvalue weighted by molar-refractivity contribution is 6.00. The zero-order valence-electron chi connectivity index (χ0n) is 22.1. The number of rotatable bonds is 5. The van der Waals surface area contributed by atoms with Crippen molar-refractivity contribution in [3.05, 3.63) is 94.7 Å². The fourth-order valence-electron chi connectivity index (χ4n) is 7.05. The number of methoxy groups -OCH3 is 3. The lowest BCUT2D eigenvalue weighted by molar-refractivity contribution is -0.129. The largest absolute Gasteiger partial charge is 0.497 e. The van der Waals surface area contributed by atoms with E-state index in [0.717, 1.165) is 18.4 Å². The molecule has 200 valence electrons. The van der Waals surface area contributed by atoms with Crippen molar-refractivity contribution < 1.29 is 28.8 Å². The van der Waals surface area contributed by atoms with E-state index in [1.165, 1.54) is 0 Å². The van der Waals surface area contributed by atoms with Crippen LogP contribution in [0.2, 0.25) is 0 Å². The van der Waals surface area contributed by atoms with Crippen molar-refractivity contribution in [3.63, 3.8) is 0 Å². The summed E-state index contributed by atoms with van der Waals surface area (Å²) >= 11 is 0. The van der Waals surface area contributed by atoms with Crippen molar-refractivity contribution >= 4 is 5.91 Å². The molecule has 3 heterocycles. The Morgan fingerprint density at radius 1 is 0.974 bits per heavy atom. The Morgan fingerprint density at radius 3 is 2.41 bits per heavy atom. The predicted molar refractivity (Wildman–Crippen MR) is 143 cm³/mol.